The van der Waals surface area contributed by atoms with E-state index in [1.807, 2.05) is 0 Å². The molecule has 5 heteroatoms. The maximum atomic E-state index is 12.0. The van der Waals surface area contributed by atoms with Gasteiger partial charge in [-0.05, 0) is 44.2 Å². The maximum Gasteiger partial charge on any atom is 0.271 e. The predicted octanol–water partition coefficient (Wildman–Crippen LogP) is 3.92. The lowest BCUT2D eigenvalue weighted by atomic mass is 10.1. The molecule has 5 nitrogen and oxygen atoms in total. The fourth-order valence-corrected chi connectivity index (χ4v) is 2.58. The van der Waals surface area contributed by atoms with Crippen molar-refractivity contribution in [3.8, 4) is 0 Å². The monoisotopic (exact) mass is 326 g/mol. The van der Waals surface area contributed by atoms with Gasteiger partial charge in [0.05, 0.1) is 12.4 Å². The molecule has 1 amide bonds. The van der Waals surface area contributed by atoms with Crippen LogP contribution in [0.5, 0.6) is 0 Å². The SMILES string of the molecule is Cc1cc(C)c(Nc2cnc(C(=O)NCCC(C)C)cn2)c(C)c1. The Kier molecular flexibility index (Phi) is 5.90. The van der Waals surface area contributed by atoms with E-state index in [-0.39, 0.29) is 5.91 Å². The summed E-state index contributed by atoms with van der Waals surface area (Å²) in [5.74, 6) is 1.00. The minimum Gasteiger partial charge on any atom is -0.351 e. The lowest BCUT2D eigenvalue weighted by Crippen LogP contribution is -2.26. The van der Waals surface area contributed by atoms with E-state index in [0.717, 1.165) is 23.2 Å². The van der Waals surface area contributed by atoms with Gasteiger partial charge in [-0.15, -0.1) is 0 Å². The van der Waals surface area contributed by atoms with Crippen molar-refractivity contribution in [2.45, 2.75) is 41.0 Å². The average molecular weight is 326 g/mol. The Morgan fingerprint density at radius 2 is 1.75 bits per heavy atom. The van der Waals surface area contributed by atoms with Crippen LogP contribution >= 0.6 is 0 Å². The van der Waals surface area contributed by atoms with Crippen LogP contribution in [0.25, 0.3) is 0 Å². The number of hydrogen-bond donors (Lipinski definition) is 2. The maximum absolute atomic E-state index is 12.0. The fraction of sp³-hybridized carbons (Fsp3) is 0.421. The van der Waals surface area contributed by atoms with Gasteiger partial charge in [-0.25, -0.2) is 9.97 Å². The Balaban J connectivity index is 2.03. The molecular weight excluding hydrogens is 300 g/mol. The first-order valence-electron chi connectivity index (χ1n) is 8.32. The van der Waals surface area contributed by atoms with Crippen molar-refractivity contribution in [1.82, 2.24) is 15.3 Å². The number of rotatable bonds is 6. The second kappa shape index (κ2) is 7.90. The van der Waals surface area contributed by atoms with Crippen molar-refractivity contribution in [3.05, 3.63) is 46.9 Å². The molecule has 0 bridgehead atoms. The predicted molar refractivity (Wildman–Crippen MR) is 97.8 cm³/mol. The minimum atomic E-state index is -0.183. The van der Waals surface area contributed by atoms with Crippen LogP contribution in [0.1, 0.15) is 47.4 Å². The molecule has 0 aliphatic rings. The molecule has 0 aliphatic heterocycles. The number of carbonyl (C=O) groups is 1. The molecule has 1 aromatic heterocycles. The summed E-state index contributed by atoms with van der Waals surface area (Å²) in [5.41, 5.74) is 4.91. The standard InChI is InChI=1S/C19H26N4O/c1-12(2)6-7-20-19(24)16-10-22-17(11-21-16)23-18-14(4)8-13(3)9-15(18)5/h8-12H,6-7H2,1-5H3,(H,20,24)(H,22,23). The summed E-state index contributed by atoms with van der Waals surface area (Å²) in [5, 5.41) is 6.15. The Morgan fingerprint density at radius 1 is 1.08 bits per heavy atom. The number of nitrogens with zero attached hydrogens (tertiary/aromatic N) is 2. The third-order valence-corrected chi connectivity index (χ3v) is 3.82. The number of aryl methyl sites for hydroxylation is 3. The van der Waals surface area contributed by atoms with Gasteiger partial charge in [0, 0.05) is 12.2 Å². The minimum absolute atomic E-state index is 0.183. The van der Waals surface area contributed by atoms with E-state index in [1.54, 1.807) is 6.20 Å². The fourth-order valence-electron chi connectivity index (χ4n) is 2.58. The van der Waals surface area contributed by atoms with E-state index in [4.69, 9.17) is 0 Å². The molecule has 0 saturated heterocycles. The second-order valence-electron chi connectivity index (χ2n) is 6.62. The lowest BCUT2D eigenvalue weighted by molar-refractivity contribution is 0.0946. The average Bonchev–Trinajstić information content (AvgIpc) is 2.51. The molecule has 0 atom stereocenters. The highest BCUT2D eigenvalue weighted by atomic mass is 16.1. The van der Waals surface area contributed by atoms with Gasteiger partial charge < -0.3 is 10.6 Å². The Hall–Kier alpha value is -2.43. The van der Waals surface area contributed by atoms with Gasteiger partial charge in [0.15, 0.2) is 0 Å². The number of amides is 1. The first-order chi connectivity index (χ1) is 11.4. The van der Waals surface area contributed by atoms with Crippen molar-refractivity contribution >= 4 is 17.4 Å². The molecule has 0 unspecified atom stereocenters. The molecule has 0 saturated carbocycles. The topological polar surface area (TPSA) is 66.9 Å². The summed E-state index contributed by atoms with van der Waals surface area (Å²) in [6.45, 7) is 11.1. The molecule has 2 rings (SSSR count). The summed E-state index contributed by atoms with van der Waals surface area (Å²) in [7, 11) is 0. The van der Waals surface area contributed by atoms with Gasteiger partial charge in [0.2, 0.25) is 0 Å². The van der Waals surface area contributed by atoms with Crippen LogP contribution in [0, 0.1) is 26.7 Å². The molecule has 0 aliphatic carbocycles. The number of carbonyl (C=O) groups excluding carboxylic acids is 1. The third-order valence-electron chi connectivity index (χ3n) is 3.82. The van der Waals surface area contributed by atoms with Crippen LogP contribution in [0.2, 0.25) is 0 Å². The molecule has 0 radical (unpaired) electrons. The molecular formula is C19H26N4O. The second-order valence-corrected chi connectivity index (χ2v) is 6.62. The van der Waals surface area contributed by atoms with Crippen LogP contribution in [0.3, 0.4) is 0 Å². The molecule has 0 fully saturated rings. The van der Waals surface area contributed by atoms with E-state index in [1.165, 1.54) is 11.8 Å². The summed E-state index contributed by atoms with van der Waals surface area (Å²) in [6.07, 6.45) is 4.05. The Morgan fingerprint density at radius 3 is 2.29 bits per heavy atom. The smallest absolute Gasteiger partial charge is 0.271 e. The quantitative estimate of drug-likeness (QED) is 0.844. The van der Waals surface area contributed by atoms with Crippen LogP contribution in [0.15, 0.2) is 24.5 Å². The zero-order valence-corrected chi connectivity index (χ0v) is 15.1. The van der Waals surface area contributed by atoms with E-state index in [2.05, 4.69) is 67.4 Å². The summed E-state index contributed by atoms with van der Waals surface area (Å²) in [6, 6.07) is 4.25. The molecule has 0 spiro atoms. The first kappa shape index (κ1) is 17.9. The van der Waals surface area contributed by atoms with E-state index < -0.39 is 0 Å². The summed E-state index contributed by atoms with van der Waals surface area (Å²) in [4.78, 5) is 20.5. The number of anilines is 2. The Labute approximate surface area is 143 Å². The molecule has 1 aromatic carbocycles. The highest BCUT2D eigenvalue weighted by molar-refractivity contribution is 5.92. The van der Waals surface area contributed by atoms with E-state index in [9.17, 15) is 4.79 Å². The largest absolute Gasteiger partial charge is 0.351 e. The van der Waals surface area contributed by atoms with Gasteiger partial charge in [-0.1, -0.05) is 31.5 Å². The van der Waals surface area contributed by atoms with E-state index >= 15 is 0 Å². The highest BCUT2D eigenvalue weighted by Crippen LogP contribution is 2.24. The van der Waals surface area contributed by atoms with Gasteiger partial charge in [0.25, 0.3) is 5.91 Å². The van der Waals surface area contributed by atoms with E-state index in [0.29, 0.717) is 24.0 Å². The summed E-state index contributed by atoms with van der Waals surface area (Å²) >= 11 is 0. The van der Waals surface area contributed by atoms with Crippen molar-refractivity contribution < 1.29 is 4.79 Å². The number of aromatic nitrogens is 2. The van der Waals surface area contributed by atoms with Gasteiger partial charge in [-0.2, -0.15) is 0 Å². The van der Waals surface area contributed by atoms with Crippen LogP contribution < -0.4 is 10.6 Å². The van der Waals surface area contributed by atoms with Gasteiger partial charge >= 0.3 is 0 Å². The van der Waals surface area contributed by atoms with Crippen molar-refractivity contribution in [1.29, 1.82) is 0 Å². The molecule has 128 valence electrons. The number of hydrogen-bond acceptors (Lipinski definition) is 4. The number of nitrogens with one attached hydrogen (secondary N) is 2. The third kappa shape index (κ3) is 4.78. The Bertz CT molecular complexity index is 685. The number of benzene rings is 1. The molecule has 1 heterocycles. The summed E-state index contributed by atoms with van der Waals surface area (Å²) < 4.78 is 0. The first-order valence-corrected chi connectivity index (χ1v) is 8.32. The highest BCUT2D eigenvalue weighted by Gasteiger charge is 2.09. The lowest BCUT2D eigenvalue weighted by Gasteiger charge is -2.13. The molecule has 2 aromatic rings. The van der Waals surface area contributed by atoms with Gasteiger partial charge in [0.1, 0.15) is 11.5 Å². The van der Waals surface area contributed by atoms with Crippen LogP contribution in [0.4, 0.5) is 11.5 Å². The van der Waals surface area contributed by atoms with Crippen molar-refractivity contribution in [3.63, 3.8) is 0 Å². The van der Waals surface area contributed by atoms with Crippen LogP contribution in [-0.4, -0.2) is 22.4 Å². The molecule has 2 N–H and O–H groups in total. The zero-order valence-electron chi connectivity index (χ0n) is 15.1. The van der Waals surface area contributed by atoms with Gasteiger partial charge in [-0.3, -0.25) is 4.79 Å². The van der Waals surface area contributed by atoms with Crippen LogP contribution in [-0.2, 0) is 0 Å². The molecule has 24 heavy (non-hydrogen) atoms. The zero-order chi connectivity index (χ0) is 17.7. The van der Waals surface area contributed by atoms with Crippen molar-refractivity contribution in [2.75, 3.05) is 11.9 Å². The normalized spacial score (nSPS) is 10.8. The van der Waals surface area contributed by atoms with Crippen molar-refractivity contribution in [2.24, 2.45) is 5.92 Å².